The van der Waals surface area contributed by atoms with E-state index in [9.17, 15) is 14.9 Å². The maximum atomic E-state index is 11.8. The number of nitrogens with zero attached hydrogens (tertiary/aromatic N) is 1. The van der Waals surface area contributed by atoms with Gasteiger partial charge in [0.05, 0.1) is 11.0 Å². The number of nitro groups is 1. The molecule has 19 heavy (non-hydrogen) atoms. The number of nitro benzene ring substituents is 1. The first-order chi connectivity index (χ1) is 9.06. The average molecular weight is 263 g/mol. The Labute approximate surface area is 111 Å². The number of carbonyl (C=O) groups is 1. The third kappa shape index (κ3) is 3.51. The molecule has 1 heterocycles. The number of non-ortho nitro benzene ring substituents is 1. The van der Waals surface area contributed by atoms with Gasteiger partial charge in [0.2, 0.25) is 5.91 Å². The highest BCUT2D eigenvalue weighted by atomic mass is 16.6. The molecule has 0 aliphatic carbocycles. The third-order valence-corrected chi connectivity index (χ3v) is 3.30. The molecule has 1 amide bonds. The summed E-state index contributed by atoms with van der Waals surface area (Å²) in [6.45, 7) is 3.60. The first-order valence-corrected chi connectivity index (χ1v) is 6.30. The molecule has 1 fully saturated rings. The van der Waals surface area contributed by atoms with Gasteiger partial charge in [0, 0.05) is 18.6 Å². The molecular formula is C13H17N3O3. The molecule has 1 saturated heterocycles. The van der Waals surface area contributed by atoms with Crippen LogP contribution in [0.25, 0.3) is 0 Å². The van der Waals surface area contributed by atoms with E-state index < -0.39 is 4.92 Å². The van der Waals surface area contributed by atoms with Gasteiger partial charge >= 0.3 is 0 Å². The minimum atomic E-state index is -0.432. The molecule has 0 saturated carbocycles. The quantitative estimate of drug-likeness (QED) is 0.621. The van der Waals surface area contributed by atoms with Crippen LogP contribution in [0.4, 0.5) is 5.69 Å². The second-order valence-corrected chi connectivity index (χ2v) is 4.87. The standard InChI is InChI=1S/C13H17N3O3/c1-9(15-13(17)5-10-7-14-8-10)11-3-2-4-12(6-11)16(18)19/h2-4,6,9-10,14H,5,7-8H2,1H3,(H,15,17). The van der Waals surface area contributed by atoms with E-state index in [1.54, 1.807) is 12.1 Å². The van der Waals surface area contributed by atoms with Gasteiger partial charge in [-0.25, -0.2) is 0 Å². The lowest BCUT2D eigenvalue weighted by Gasteiger charge is -2.27. The molecule has 6 nitrogen and oxygen atoms in total. The van der Waals surface area contributed by atoms with Gasteiger partial charge in [0.15, 0.2) is 0 Å². The maximum absolute atomic E-state index is 11.8. The number of benzene rings is 1. The molecule has 1 unspecified atom stereocenters. The fourth-order valence-electron chi connectivity index (χ4n) is 2.05. The highest BCUT2D eigenvalue weighted by Gasteiger charge is 2.21. The van der Waals surface area contributed by atoms with Gasteiger partial charge < -0.3 is 10.6 Å². The van der Waals surface area contributed by atoms with Gasteiger partial charge in [-0.15, -0.1) is 0 Å². The summed E-state index contributed by atoms with van der Waals surface area (Å²) in [7, 11) is 0. The predicted octanol–water partition coefficient (Wildman–Crippen LogP) is 1.38. The van der Waals surface area contributed by atoms with E-state index in [2.05, 4.69) is 10.6 Å². The fraction of sp³-hybridized carbons (Fsp3) is 0.462. The summed E-state index contributed by atoms with van der Waals surface area (Å²) in [5.74, 6) is 0.405. The zero-order valence-corrected chi connectivity index (χ0v) is 10.8. The van der Waals surface area contributed by atoms with Crippen LogP contribution in [0.5, 0.6) is 0 Å². The zero-order valence-electron chi connectivity index (χ0n) is 10.8. The van der Waals surface area contributed by atoms with Crippen LogP contribution in [-0.2, 0) is 4.79 Å². The van der Waals surface area contributed by atoms with E-state index >= 15 is 0 Å². The molecule has 1 aliphatic heterocycles. The maximum Gasteiger partial charge on any atom is 0.269 e. The third-order valence-electron chi connectivity index (χ3n) is 3.30. The van der Waals surface area contributed by atoms with Gasteiger partial charge in [-0.2, -0.15) is 0 Å². The Morgan fingerprint density at radius 1 is 1.58 bits per heavy atom. The van der Waals surface area contributed by atoms with E-state index in [4.69, 9.17) is 0 Å². The van der Waals surface area contributed by atoms with E-state index in [0.717, 1.165) is 18.7 Å². The van der Waals surface area contributed by atoms with Crippen LogP contribution in [0.2, 0.25) is 0 Å². The Morgan fingerprint density at radius 3 is 2.89 bits per heavy atom. The highest BCUT2D eigenvalue weighted by Crippen LogP contribution is 2.19. The van der Waals surface area contributed by atoms with Crippen LogP contribution >= 0.6 is 0 Å². The number of hydrogen-bond donors (Lipinski definition) is 2. The minimum Gasteiger partial charge on any atom is -0.350 e. The second kappa shape index (κ2) is 5.79. The highest BCUT2D eigenvalue weighted by molar-refractivity contribution is 5.76. The topological polar surface area (TPSA) is 84.3 Å². The summed E-state index contributed by atoms with van der Waals surface area (Å²) in [4.78, 5) is 22.0. The van der Waals surface area contributed by atoms with Crippen molar-refractivity contribution in [3.8, 4) is 0 Å². The number of carbonyl (C=O) groups excluding carboxylic acids is 1. The zero-order chi connectivity index (χ0) is 13.8. The van der Waals surface area contributed by atoms with Gasteiger partial charge in [0.1, 0.15) is 0 Å². The lowest BCUT2D eigenvalue weighted by molar-refractivity contribution is -0.384. The number of hydrogen-bond acceptors (Lipinski definition) is 4. The van der Waals surface area contributed by atoms with Gasteiger partial charge in [-0.3, -0.25) is 14.9 Å². The first kappa shape index (κ1) is 13.5. The van der Waals surface area contributed by atoms with Crippen LogP contribution in [0.15, 0.2) is 24.3 Å². The molecule has 1 aliphatic rings. The number of amides is 1. The molecule has 0 aromatic heterocycles. The summed E-state index contributed by atoms with van der Waals surface area (Å²) in [5.41, 5.74) is 0.788. The molecule has 1 atom stereocenters. The van der Waals surface area contributed by atoms with Crippen molar-refractivity contribution in [1.29, 1.82) is 0 Å². The number of nitrogens with one attached hydrogen (secondary N) is 2. The van der Waals surface area contributed by atoms with E-state index in [1.807, 2.05) is 6.92 Å². The van der Waals surface area contributed by atoms with Crippen molar-refractivity contribution in [2.24, 2.45) is 5.92 Å². The minimum absolute atomic E-state index is 0.00879. The summed E-state index contributed by atoms with van der Waals surface area (Å²) in [6.07, 6.45) is 0.506. The second-order valence-electron chi connectivity index (χ2n) is 4.87. The van der Waals surface area contributed by atoms with E-state index in [1.165, 1.54) is 12.1 Å². The monoisotopic (exact) mass is 263 g/mol. The Morgan fingerprint density at radius 2 is 2.32 bits per heavy atom. The van der Waals surface area contributed by atoms with Gasteiger partial charge in [-0.05, 0) is 31.5 Å². The first-order valence-electron chi connectivity index (χ1n) is 6.30. The molecule has 2 rings (SSSR count). The van der Waals surface area contributed by atoms with Crippen molar-refractivity contribution in [1.82, 2.24) is 10.6 Å². The van der Waals surface area contributed by atoms with Crippen LogP contribution < -0.4 is 10.6 Å². The molecule has 1 aromatic carbocycles. The smallest absolute Gasteiger partial charge is 0.269 e. The van der Waals surface area contributed by atoms with Crippen molar-refractivity contribution in [2.75, 3.05) is 13.1 Å². The molecule has 1 aromatic rings. The van der Waals surface area contributed by atoms with E-state index in [0.29, 0.717) is 12.3 Å². The number of rotatable bonds is 5. The van der Waals surface area contributed by atoms with Gasteiger partial charge in [0.25, 0.3) is 5.69 Å². The molecule has 0 spiro atoms. The SMILES string of the molecule is CC(NC(=O)CC1CNC1)c1cccc([N+](=O)[O-])c1. The fourth-order valence-corrected chi connectivity index (χ4v) is 2.05. The van der Waals surface area contributed by atoms with Gasteiger partial charge in [-0.1, -0.05) is 12.1 Å². The summed E-state index contributed by atoms with van der Waals surface area (Å²) in [6, 6.07) is 6.13. The Hall–Kier alpha value is -1.95. The van der Waals surface area contributed by atoms with Crippen LogP contribution in [-0.4, -0.2) is 23.9 Å². The molecule has 102 valence electrons. The Kier molecular flexibility index (Phi) is 4.11. The van der Waals surface area contributed by atoms with Crippen LogP contribution in [0, 0.1) is 16.0 Å². The lowest BCUT2D eigenvalue weighted by Crippen LogP contribution is -2.44. The van der Waals surface area contributed by atoms with Crippen molar-refractivity contribution in [2.45, 2.75) is 19.4 Å². The molecule has 0 radical (unpaired) electrons. The van der Waals surface area contributed by atoms with Crippen molar-refractivity contribution >= 4 is 11.6 Å². The van der Waals surface area contributed by atoms with Crippen LogP contribution in [0.3, 0.4) is 0 Å². The summed E-state index contributed by atoms with van der Waals surface area (Å²) < 4.78 is 0. The van der Waals surface area contributed by atoms with E-state index in [-0.39, 0.29) is 17.6 Å². The largest absolute Gasteiger partial charge is 0.350 e. The molecule has 0 bridgehead atoms. The predicted molar refractivity (Wildman–Crippen MR) is 70.6 cm³/mol. The average Bonchev–Trinajstić information content (AvgIpc) is 2.34. The Balaban J connectivity index is 1.94. The Bertz CT molecular complexity index is 486. The molecule has 6 heteroatoms. The molecule has 2 N–H and O–H groups in total. The summed E-state index contributed by atoms with van der Waals surface area (Å²) >= 11 is 0. The van der Waals surface area contributed by atoms with Crippen molar-refractivity contribution < 1.29 is 9.72 Å². The molecular weight excluding hydrogens is 246 g/mol. The normalized spacial score (nSPS) is 16.5. The summed E-state index contributed by atoms with van der Waals surface area (Å²) in [5, 5.41) is 16.7. The van der Waals surface area contributed by atoms with Crippen LogP contribution in [0.1, 0.15) is 24.9 Å². The lowest BCUT2D eigenvalue weighted by atomic mass is 9.98. The van der Waals surface area contributed by atoms with Crippen molar-refractivity contribution in [3.05, 3.63) is 39.9 Å². The van der Waals surface area contributed by atoms with Crippen molar-refractivity contribution in [3.63, 3.8) is 0 Å².